The first-order valence-electron chi connectivity index (χ1n) is 5.85. The number of anilines is 1. The van der Waals surface area contributed by atoms with E-state index < -0.39 is 5.97 Å². The maximum atomic E-state index is 11.2. The lowest BCUT2D eigenvalue weighted by Crippen LogP contribution is -2.44. The van der Waals surface area contributed by atoms with Gasteiger partial charge in [-0.3, -0.25) is 0 Å². The molecule has 2 rings (SSSR count). The summed E-state index contributed by atoms with van der Waals surface area (Å²) in [4.78, 5) is 21.6. The predicted octanol–water partition coefficient (Wildman–Crippen LogP) is 1.82. The minimum absolute atomic E-state index is 0.118. The van der Waals surface area contributed by atoms with E-state index in [2.05, 4.69) is 28.7 Å². The van der Waals surface area contributed by atoms with Crippen molar-refractivity contribution >= 4 is 23.5 Å². The highest BCUT2D eigenvalue weighted by Gasteiger charge is 2.30. The lowest BCUT2D eigenvalue weighted by Gasteiger charge is -2.38. The molecule has 1 N–H and O–H groups in total. The van der Waals surface area contributed by atoms with Gasteiger partial charge < -0.3 is 10.0 Å². The molecular formula is C12H17N3O2S. The molecule has 1 aliphatic rings. The molecule has 0 unspecified atom stereocenters. The number of thioether (sulfide) groups is 1. The van der Waals surface area contributed by atoms with Crippen LogP contribution in [0.2, 0.25) is 0 Å². The maximum absolute atomic E-state index is 11.2. The van der Waals surface area contributed by atoms with Gasteiger partial charge >= 0.3 is 5.97 Å². The van der Waals surface area contributed by atoms with E-state index in [1.807, 2.05) is 11.8 Å². The Labute approximate surface area is 111 Å². The molecule has 6 heteroatoms. The molecule has 0 saturated carbocycles. The number of aryl methyl sites for hydroxylation is 1. The topological polar surface area (TPSA) is 66.3 Å². The highest BCUT2D eigenvalue weighted by molar-refractivity contribution is 8.00. The SMILES string of the molecule is Cc1ncc(C(=O)O)c(N2CCSC(C)(C)C2)n1. The van der Waals surface area contributed by atoms with Crippen LogP contribution >= 0.6 is 11.8 Å². The van der Waals surface area contributed by atoms with Gasteiger partial charge in [-0.25, -0.2) is 14.8 Å². The number of aromatic nitrogens is 2. The molecule has 18 heavy (non-hydrogen) atoms. The van der Waals surface area contributed by atoms with Crippen molar-refractivity contribution in [1.82, 2.24) is 9.97 Å². The molecule has 1 aromatic heterocycles. The van der Waals surface area contributed by atoms with Crippen LogP contribution in [0.3, 0.4) is 0 Å². The molecule has 1 aliphatic heterocycles. The minimum atomic E-state index is -0.971. The molecule has 0 aliphatic carbocycles. The highest BCUT2D eigenvalue weighted by atomic mass is 32.2. The molecule has 0 aromatic carbocycles. The van der Waals surface area contributed by atoms with Crippen LogP contribution in [-0.2, 0) is 0 Å². The van der Waals surface area contributed by atoms with Crippen LogP contribution in [0.25, 0.3) is 0 Å². The molecule has 98 valence electrons. The summed E-state index contributed by atoms with van der Waals surface area (Å²) >= 11 is 1.90. The van der Waals surface area contributed by atoms with Crippen LogP contribution < -0.4 is 4.90 Å². The van der Waals surface area contributed by atoms with Crippen LogP contribution in [0.4, 0.5) is 5.82 Å². The Bertz CT molecular complexity index is 476. The Hall–Kier alpha value is -1.30. The predicted molar refractivity (Wildman–Crippen MR) is 72.5 cm³/mol. The second kappa shape index (κ2) is 4.76. The highest BCUT2D eigenvalue weighted by Crippen LogP contribution is 2.32. The molecule has 1 saturated heterocycles. The van der Waals surface area contributed by atoms with Gasteiger partial charge in [-0.05, 0) is 20.8 Å². The third-order valence-corrected chi connectivity index (χ3v) is 4.14. The van der Waals surface area contributed by atoms with Gasteiger partial charge in [-0.1, -0.05) is 0 Å². The number of aromatic carboxylic acids is 1. The van der Waals surface area contributed by atoms with E-state index in [0.29, 0.717) is 11.6 Å². The normalized spacial score (nSPS) is 18.7. The van der Waals surface area contributed by atoms with E-state index in [4.69, 9.17) is 0 Å². The molecule has 5 nitrogen and oxygen atoms in total. The molecule has 0 radical (unpaired) electrons. The maximum Gasteiger partial charge on any atom is 0.341 e. The Balaban J connectivity index is 2.37. The van der Waals surface area contributed by atoms with Gasteiger partial charge in [-0.2, -0.15) is 11.8 Å². The second-order valence-corrected chi connectivity index (χ2v) is 6.79. The monoisotopic (exact) mass is 267 g/mol. The summed E-state index contributed by atoms with van der Waals surface area (Å²) in [5.74, 6) is 1.16. The van der Waals surface area contributed by atoms with Crippen molar-refractivity contribution < 1.29 is 9.90 Å². The van der Waals surface area contributed by atoms with Crippen molar-refractivity contribution in [2.75, 3.05) is 23.7 Å². The zero-order valence-corrected chi connectivity index (χ0v) is 11.6. The third kappa shape index (κ3) is 2.75. The number of hydrogen-bond acceptors (Lipinski definition) is 5. The van der Waals surface area contributed by atoms with E-state index in [1.165, 1.54) is 6.20 Å². The van der Waals surface area contributed by atoms with Crippen molar-refractivity contribution in [2.45, 2.75) is 25.5 Å². The number of nitrogens with zero attached hydrogens (tertiary/aromatic N) is 3. The van der Waals surface area contributed by atoms with Crippen LogP contribution in [0.15, 0.2) is 6.20 Å². The first-order chi connectivity index (χ1) is 8.39. The summed E-state index contributed by atoms with van der Waals surface area (Å²) in [7, 11) is 0. The fourth-order valence-corrected chi connectivity index (χ4v) is 3.16. The lowest BCUT2D eigenvalue weighted by atomic mass is 10.1. The number of rotatable bonds is 2. The molecule has 0 amide bonds. The lowest BCUT2D eigenvalue weighted by molar-refractivity contribution is 0.0696. The van der Waals surface area contributed by atoms with Gasteiger partial charge in [-0.15, -0.1) is 0 Å². The summed E-state index contributed by atoms with van der Waals surface area (Å²) in [6.45, 7) is 7.73. The zero-order valence-electron chi connectivity index (χ0n) is 10.8. The number of hydrogen-bond donors (Lipinski definition) is 1. The average Bonchev–Trinajstić information content (AvgIpc) is 2.27. The van der Waals surface area contributed by atoms with Crippen molar-refractivity contribution in [1.29, 1.82) is 0 Å². The second-order valence-electron chi connectivity index (χ2n) is 4.99. The van der Waals surface area contributed by atoms with Crippen molar-refractivity contribution in [3.63, 3.8) is 0 Å². The standard InChI is InChI=1S/C12H17N3O2S/c1-8-13-6-9(11(16)17)10(14-8)15-4-5-18-12(2,3)7-15/h6H,4-5,7H2,1-3H3,(H,16,17). The largest absolute Gasteiger partial charge is 0.477 e. The smallest absolute Gasteiger partial charge is 0.341 e. The molecule has 2 heterocycles. The summed E-state index contributed by atoms with van der Waals surface area (Å²) in [6.07, 6.45) is 1.40. The molecular weight excluding hydrogens is 250 g/mol. The number of carboxylic acids is 1. The molecule has 0 spiro atoms. The fraction of sp³-hybridized carbons (Fsp3) is 0.583. The Morgan fingerprint density at radius 1 is 1.56 bits per heavy atom. The third-order valence-electron chi connectivity index (χ3n) is 2.84. The van der Waals surface area contributed by atoms with Crippen LogP contribution in [0.5, 0.6) is 0 Å². The van der Waals surface area contributed by atoms with Gasteiger partial charge in [0.15, 0.2) is 0 Å². The summed E-state index contributed by atoms with van der Waals surface area (Å²) in [5.41, 5.74) is 0.184. The van der Waals surface area contributed by atoms with E-state index in [1.54, 1.807) is 6.92 Å². The van der Waals surface area contributed by atoms with E-state index >= 15 is 0 Å². The number of carbonyl (C=O) groups is 1. The van der Waals surface area contributed by atoms with Crippen molar-refractivity contribution in [2.24, 2.45) is 0 Å². The van der Waals surface area contributed by atoms with Gasteiger partial charge in [0.1, 0.15) is 17.2 Å². The van der Waals surface area contributed by atoms with Gasteiger partial charge in [0.25, 0.3) is 0 Å². The van der Waals surface area contributed by atoms with E-state index in [-0.39, 0.29) is 10.3 Å². The Kier molecular flexibility index (Phi) is 3.47. The molecule has 1 fully saturated rings. The number of carboxylic acid groups (broad SMARTS) is 1. The summed E-state index contributed by atoms with van der Waals surface area (Å²) in [6, 6.07) is 0. The first-order valence-corrected chi connectivity index (χ1v) is 6.83. The molecule has 1 aromatic rings. The van der Waals surface area contributed by atoms with Gasteiger partial charge in [0.05, 0.1) is 0 Å². The molecule has 0 bridgehead atoms. The van der Waals surface area contributed by atoms with Crippen LogP contribution in [-0.4, -0.2) is 44.6 Å². The zero-order chi connectivity index (χ0) is 13.3. The summed E-state index contributed by atoms with van der Waals surface area (Å²) < 4.78 is 0.118. The molecule has 0 atom stereocenters. The Morgan fingerprint density at radius 2 is 2.28 bits per heavy atom. The fourth-order valence-electron chi connectivity index (χ4n) is 2.05. The minimum Gasteiger partial charge on any atom is -0.477 e. The van der Waals surface area contributed by atoms with E-state index in [9.17, 15) is 9.90 Å². The van der Waals surface area contributed by atoms with Crippen molar-refractivity contribution in [3.8, 4) is 0 Å². The van der Waals surface area contributed by atoms with E-state index in [0.717, 1.165) is 18.8 Å². The summed E-state index contributed by atoms with van der Waals surface area (Å²) in [5, 5.41) is 9.21. The van der Waals surface area contributed by atoms with Crippen LogP contribution in [0, 0.1) is 6.92 Å². The van der Waals surface area contributed by atoms with Crippen LogP contribution in [0.1, 0.15) is 30.0 Å². The first kappa shape index (κ1) is 13.1. The Morgan fingerprint density at radius 3 is 2.89 bits per heavy atom. The average molecular weight is 267 g/mol. The quantitative estimate of drug-likeness (QED) is 0.881. The van der Waals surface area contributed by atoms with Gasteiger partial charge in [0.2, 0.25) is 0 Å². The van der Waals surface area contributed by atoms with Gasteiger partial charge in [0, 0.05) is 29.8 Å². The van der Waals surface area contributed by atoms with Crippen molar-refractivity contribution in [3.05, 3.63) is 17.6 Å².